The number of rotatable bonds is 2. The Bertz CT molecular complexity index is 929. The van der Waals surface area contributed by atoms with Crippen LogP contribution in [-0.2, 0) is 4.74 Å². The second kappa shape index (κ2) is 7.94. The second-order valence-electron chi connectivity index (χ2n) is 7.56. The van der Waals surface area contributed by atoms with Crippen LogP contribution < -0.4 is 0 Å². The van der Waals surface area contributed by atoms with E-state index in [2.05, 4.69) is 23.9 Å². The molecule has 146 valence electrons. The van der Waals surface area contributed by atoms with Crippen LogP contribution in [0.3, 0.4) is 0 Å². The SMILES string of the molecule is CC.Cc1cn(C(=O)OC(C)(C)C)c2ncc(-c3cnn(C(C)C)c3)cc12. The van der Waals surface area contributed by atoms with Gasteiger partial charge in [-0.15, -0.1) is 0 Å². The van der Waals surface area contributed by atoms with Gasteiger partial charge in [-0.2, -0.15) is 5.10 Å². The molecule has 6 nitrogen and oxygen atoms in total. The fraction of sp³-hybridized carbons (Fsp3) is 0.476. The topological polar surface area (TPSA) is 61.9 Å². The molecule has 0 aliphatic rings. The molecule has 27 heavy (non-hydrogen) atoms. The number of aryl methyl sites for hydroxylation is 1. The maximum absolute atomic E-state index is 12.4. The zero-order valence-electron chi connectivity index (χ0n) is 17.6. The van der Waals surface area contributed by atoms with E-state index in [9.17, 15) is 4.79 Å². The van der Waals surface area contributed by atoms with Crippen molar-refractivity contribution in [3.05, 3.63) is 36.4 Å². The van der Waals surface area contributed by atoms with Crippen LogP contribution in [0.2, 0.25) is 0 Å². The van der Waals surface area contributed by atoms with Gasteiger partial charge in [-0.1, -0.05) is 13.8 Å². The van der Waals surface area contributed by atoms with Crippen molar-refractivity contribution in [1.29, 1.82) is 0 Å². The highest BCUT2D eigenvalue weighted by Crippen LogP contribution is 2.27. The summed E-state index contributed by atoms with van der Waals surface area (Å²) >= 11 is 0. The lowest BCUT2D eigenvalue weighted by Crippen LogP contribution is -2.26. The van der Waals surface area contributed by atoms with Crippen LogP contribution in [-0.4, -0.2) is 31.0 Å². The average molecular weight is 370 g/mol. The molecule has 0 spiro atoms. The van der Waals surface area contributed by atoms with Crippen molar-refractivity contribution in [2.45, 2.75) is 67.0 Å². The molecule has 0 saturated heterocycles. The summed E-state index contributed by atoms with van der Waals surface area (Å²) in [7, 11) is 0. The largest absolute Gasteiger partial charge is 0.443 e. The van der Waals surface area contributed by atoms with Gasteiger partial charge in [-0.3, -0.25) is 4.68 Å². The highest BCUT2D eigenvalue weighted by atomic mass is 16.6. The van der Waals surface area contributed by atoms with Gasteiger partial charge in [-0.25, -0.2) is 14.3 Å². The van der Waals surface area contributed by atoms with Crippen molar-refractivity contribution in [1.82, 2.24) is 19.3 Å². The van der Waals surface area contributed by atoms with Crippen LogP contribution in [0, 0.1) is 6.92 Å². The van der Waals surface area contributed by atoms with Crippen LogP contribution >= 0.6 is 0 Å². The Morgan fingerprint density at radius 2 is 1.78 bits per heavy atom. The third-order valence-electron chi connectivity index (χ3n) is 3.90. The van der Waals surface area contributed by atoms with Gasteiger partial charge in [0.15, 0.2) is 0 Å². The average Bonchev–Trinajstić information content (AvgIpc) is 3.20. The highest BCUT2D eigenvalue weighted by molar-refractivity contribution is 5.91. The molecule has 3 aromatic rings. The Morgan fingerprint density at radius 1 is 1.11 bits per heavy atom. The van der Waals surface area contributed by atoms with E-state index in [1.165, 1.54) is 4.57 Å². The normalized spacial score (nSPS) is 11.4. The van der Waals surface area contributed by atoms with Gasteiger partial charge in [0.05, 0.1) is 6.20 Å². The van der Waals surface area contributed by atoms with E-state index in [1.807, 2.05) is 64.7 Å². The molecule has 0 radical (unpaired) electrons. The molecule has 0 fully saturated rings. The number of hydrogen-bond acceptors (Lipinski definition) is 4. The van der Waals surface area contributed by atoms with Gasteiger partial charge < -0.3 is 4.74 Å². The van der Waals surface area contributed by atoms with Crippen LogP contribution in [0.5, 0.6) is 0 Å². The molecule has 3 aromatic heterocycles. The van der Waals surface area contributed by atoms with Crippen LogP contribution in [0.1, 0.15) is 60.1 Å². The standard InChI is InChI=1S/C19H24N4O2.C2H6/c1-12(2)23-11-15(9-21-23)14-7-16-13(3)10-22(17(16)20-8-14)18(24)25-19(4,5)6;1-2/h7-12H,1-6H3;1-2H3. The minimum Gasteiger partial charge on any atom is -0.443 e. The lowest BCUT2D eigenvalue weighted by Gasteiger charge is -2.19. The van der Waals surface area contributed by atoms with Crippen molar-refractivity contribution in [3.8, 4) is 11.1 Å². The van der Waals surface area contributed by atoms with Crippen LogP contribution in [0.25, 0.3) is 22.2 Å². The van der Waals surface area contributed by atoms with Crippen molar-refractivity contribution >= 4 is 17.1 Å². The van der Waals surface area contributed by atoms with E-state index in [0.29, 0.717) is 11.7 Å². The van der Waals surface area contributed by atoms with Gasteiger partial charge in [0.1, 0.15) is 11.2 Å². The lowest BCUT2D eigenvalue weighted by molar-refractivity contribution is 0.0543. The summed E-state index contributed by atoms with van der Waals surface area (Å²) in [6.45, 7) is 15.7. The molecule has 0 aromatic carbocycles. The van der Waals surface area contributed by atoms with Gasteiger partial charge in [0.25, 0.3) is 0 Å². The Kier molecular flexibility index (Phi) is 6.08. The molecule has 0 aliphatic carbocycles. The molecular formula is C21H30N4O2. The maximum Gasteiger partial charge on any atom is 0.420 e. The Hall–Kier alpha value is -2.63. The smallest absolute Gasteiger partial charge is 0.420 e. The Balaban J connectivity index is 0.00000126. The molecule has 0 aliphatic heterocycles. The number of hydrogen-bond donors (Lipinski definition) is 0. The van der Waals surface area contributed by atoms with Gasteiger partial charge >= 0.3 is 6.09 Å². The van der Waals surface area contributed by atoms with Crippen molar-refractivity contribution < 1.29 is 9.53 Å². The second-order valence-corrected chi connectivity index (χ2v) is 7.56. The Labute approximate surface area is 161 Å². The number of pyridine rings is 1. The van der Waals surface area contributed by atoms with E-state index in [4.69, 9.17) is 4.74 Å². The zero-order chi connectivity index (χ0) is 20.4. The summed E-state index contributed by atoms with van der Waals surface area (Å²) in [5.41, 5.74) is 3.02. The molecule has 6 heteroatoms. The number of aromatic nitrogens is 4. The Morgan fingerprint density at radius 3 is 2.33 bits per heavy atom. The molecular weight excluding hydrogens is 340 g/mol. The number of carbonyl (C=O) groups excluding carboxylic acids is 1. The molecule has 0 amide bonds. The van der Waals surface area contributed by atoms with Crippen LogP contribution in [0.4, 0.5) is 4.79 Å². The summed E-state index contributed by atoms with van der Waals surface area (Å²) in [6, 6.07) is 2.35. The molecule has 0 unspecified atom stereocenters. The summed E-state index contributed by atoms with van der Waals surface area (Å²) in [6.07, 6.45) is 6.96. The first-order valence-corrected chi connectivity index (χ1v) is 9.41. The molecule has 0 N–H and O–H groups in total. The van der Waals surface area contributed by atoms with Gasteiger partial charge in [0, 0.05) is 41.1 Å². The molecule has 3 rings (SSSR count). The maximum atomic E-state index is 12.4. The van der Waals surface area contributed by atoms with E-state index in [0.717, 1.165) is 22.1 Å². The summed E-state index contributed by atoms with van der Waals surface area (Å²) in [4.78, 5) is 16.9. The number of nitrogens with zero attached hydrogens (tertiary/aromatic N) is 4. The molecule has 0 atom stereocenters. The van der Waals surface area contributed by atoms with E-state index >= 15 is 0 Å². The third-order valence-corrected chi connectivity index (χ3v) is 3.90. The quantitative estimate of drug-likeness (QED) is 0.589. The first-order chi connectivity index (χ1) is 12.7. The lowest BCUT2D eigenvalue weighted by atomic mass is 10.1. The number of carbonyl (C=O) groups is 1. The van der Waals surface area contributed by atoms with Crippen molar-refractivity contribution in [2.24, 2.45) is 0 Å². The van der Waals surface area contributed by atoms with Gasteiger partial charge in [0.2, 0.25) is 0 Å². The fourth-order valence-electron chi connectivity index (χ4n) is 2.64. The minimum atomic E-state index is -0.549. The summed E-state index contributed by atoms with van der Waals surface area (Å²) in [5.74, 6) is 0. The van der Waals surface area contributed by atoms with E-state index < -0.39 is 11.7 Å². The van der Waals surface area contributed by atoms with Crippen LogP contribution in [0.15, 0.2) is 30.9 Å². The molecule has 3 heterocycles. The summed E-state index contributed by atoms with van der Waals surface area (Å²) in [5, 5.41) is 5.31. The minimum absolute atomic E-state index is 0.306. The van der Waals surface area contributed by atoms with Gasteiger partial charge in [-0.05, 0) is 53.2 Å². The summed E-state index contributed by atoms with van der Waals surface area (Å²) < 4.78 is 8.84. The molecule has 0 saturated carbocycles. The molecule has 0 bridgehead atoms. The van der Waals surface area contributed by atoms with Crippen molar-refractivity contribution in [3.63, 3.8) is 0 Å². The first kappa shape index (κ1) is 20.7. The van der Waals surface area contributed by atoms with E-state index in [-0.39, 0.29) is 0 Å². The number of ether oxygens (including phenoxy) is 1. The van der Waals surface area contributed by atoms with Crippen molar-refractivity contribution in [2.75, 3.05) is 0 Å². The third kappa shape index (κ3) is 4.56. The van der Waals surface area contributed by atoms with E-state index in [1.54, 1.807) is 12.4 Å². The number of fused-ring (bicyclic) bond motifs is 1. The first-order valence-electron chi connectivity index (χ1n) is 9.41. The zero-order valence-corrected chi connectivity index (χ0v) is 17.6. The monoisotopic (exact) mass is 370 g/mol. The predicted octanol–water partition coefficient (Wildman–Crippen LogP) is 5.60. The predicted molar refractivity (Wildman–Crippen MR) is 109 cm³/mol. The highest BCUT2D eigenvalue weighted by Gasteiger charge is 2.21. The fourth-order valence-corrected chi connectivity index (χ4v) is 2.64.